The maximum Gasteiger partial charge on any atom is 0.231 e. The average molecular weight is 430 g/mol. The Morgan fingerprint density at radius 2 is 1.78 bits per heavy atom. The Kier molecular flexibility index (Phi) is 5.15. The van der Waals surface area contributed by atoms with E-state index in [4.69, 9.17) is 9.47 Å². The highest BCUT2D eigenvalue weighted by molar-refractivity contribution is 6.15. The normalized spacial score (nSPS) is 16.3. The average Bonchev–Trinajstić information content (AvgIpc) is 3.11. The number of carbonyl (C=O) groups is 1. The molecule has 3 aromatic carbocycles. The van der Waals surface area contributed by atoms with Crippen LogP contribution in [0.2, 0.25) is 0 Å². The Hall–Kier alpha value is -3.64. The number of anilines is 1. The quantitative estimate of drug-likeness (QED) is 0.553. The summed E-state index contributed by atoms with van der Waals surface area (Å²) in [5, 5.41) is 0. The summed E-state index contributed by atoms with van der Waals surface area (Å²) < 4.78 is 25.2. The Morgan fingerprint density at radius 3 is 2.50 bits per heavy atom. The van der Waals surface area contributed by atoms with Gasteiger partial charge in [-0.25, -0.2) is 4.39 Å². The third-order valence-electron chi connectivity index (χ3n) is 5.71. The Morgan fingerprint density at radius 1 is 1.03 bits per heavy atom. The van der Waals surface area contributed by atoms with Crippen molar-refractivity contribution in [3.63, 3.8) is 0 Å². The number of Topliss-reactive ketones (excluding diaryl/α,β-unsaturated/α-hetero) is 1. The molecule has 6 heteroatoms. The number of hydrogen-bond donors (Lipinski definition) is 0. The SMILES string of the molecule is CN(C)c1ccc(/C=C2\Oc3c(ccc4c3CN(Cc3ccc(F)cc3)CO4)C2=O)cc1. The molecular formula is C26H23FN2O3. The number of rotatable bonds is 4. The number of allylic oxidation sites excluding steroid dienone is 1. The predicted octanol–water partition coefficient (Wildman–Crippen LogP) is 4.86. The molecule has 2 aliphatic rings. The summed E-state index contributed by atoms with van der Waals surface area (Å²) in [5.74, 6) is 1.21. The van der Waals surface area contributed by atoms with Crippen LogP contribution >= 0.6 is 0 Å². The van der Waals surface area contributed by atoms with E-state index in [2.05, 4.69) is 4.90 Å². The summed E-state index contributed by atoms with van der Waals surface area (Å²) in [7, 11) is 3.97. The molecule has 0 aromatic heterocycles. The van der Waals surface area contributed by atoms with Crippen LogP contribution in [0.1, 0.15) is 27.0 Å². The fraction of sp³-hybridized carbons (Fsp3) is 0.192. The van der Waals surface area contributed by atoms with Gasteiger partial charge >= 0.3 is 0 Å². The molecule has 0 spiro atoms. The molecule has 0 unspecified atom stereocenters. The van der Waals surface area contributed by atoms with Gasteiger partial charge < -0.3 is 14.4 Å². The first kappa shape index (κ1) is 20.3. The minimum absolute atomic E-state index is 0.129. The molecule has 32 heavy (non-hydrogen) atoms. The van der Waals surface area contributed by atoms with Gasteiger partial charge in [-0.2, -0.15) is 0 Å². The predicted molar refractivity (Wildman–Crippen MR) is 121 cm³/mol. The van der Waals surface area contributed by atoms with Gasteiger partial charge in [0, 0.05) is 32.9 Å². The third-order valence-corrected chi connectivity index (χ3v) is 5.71. The summed E-state index contributed by atoms with van der Waals surface area (Å²) in [4.78, 5) is 17.1. The molecule has 162 valence electrons. The number of ether oxygens (including phenoxy) is 2. The van der Waals surface area contributed by atoms with Crippen LogP contribution in [0.15, 0.2) is 66.4 Å². The molecule has 0 atom stereocenters. The Balaban J connectivity index is 1.39. The van der Waals surface area contributed by atoms with Crippen molar-refractivity contribution in [2.75, 3.05) is 25.7 Å². The van der Waals surface area contributed by atoms with Crippen LogP contribution in [0.4, 0.5) is 10.1 Å². The van der Waals surface area contributed by atoms with Crippen molar-refractivity contribution in [2.45, 2.75) is 13.1 Å². The highest BCUT2D eigenvalue weighted by atomic mass is 19.1. The van der Waals surface area contributed by atoms with Crippen LogP contribution in [0.3, 0.4) is 0 Å². The zero-order valence-electron chi connectivity index (χ0n) is 18.0. The van der Waals surface area contributed by atoms with Crippen LogP contribution < -0.4 is 14.4 Å². The third kappa shape index (κ3) is 3.85. The highest BCUT2D eigenvalue weighted by Gasteiger charge is 2.33. The number of hydrogen-bond acceptors (Lipinski definition) is 5. The molecule has 0 bridgehead atoms. The van der Waals surface area contributed by atoms with E-state index >= 15 is 0 Å². The van der Waals surface area contributed by atoms with Crippen LogP contribution in [0, 0.1) is 5.82 Å². The molecule has 5 rings (SSSR count). The minimum atomic E-state index is -0.255. The van der Waals surface area contributed by atoms with Crippen molar-refractivity contribution in [3.05, 3.63) is 94.5 Å². The molecule has 0 radical (unpaired) electrons. The number of ketones is 1. The Labute approximate surface area is 186 Å². The first-order valence-corrected chi connectivity index (χ1v) is 10.4. The van der Waals surface area contributed by atoms with Gasteiger partial charge in [-0.15, -0.1) is 0 Å². The van der Waals surface area contributed by atoms with E-state index < -0.39 is 0 Å². The zero-order chi connectivity index (χ0) is 22.2. The van der Waals surface area contributed by atoms with Gasteiger partial charge in [-0.3, -0.25) is 9.69 Å². The second-order valence-corrected chi connectivity index (χ2v) is 8.23. The summed E-state index contributed by atoms with van der Waals surface area (Å²) in [6, 6.07) is 18.0. The van der Waals surface area contributed by atoms with Gasteiger partial charge in [-0.1, -0.05) is 24.3 Å². The van der Waals surface area contributed by atoms with Crippen molar-refractivity contribution in [2.24, 2.45) is 0 Å². The minimum Gasteiger partial charge on any atom is -0.478 e. The maximum absolute atomic E-state index is 13.2. The second kappa shape index (κ2) is 8.13. The monoisotopic (exact) mass is 430 g/mol. The molecule has 0 amide bonds. The standard InChI is InChI=1S/C26H23FN2O3/c1-28(2)20-9-5-17(6-10-20)13-24-25(30)21-11-12-23-22(26(21)32-24)15-29(16-31-23)14-18-3-7-19(27)8-4-18/h3-13H,14-16H2,1-2H3/b24-13-. The molecule has 5 nitrogen and oxygen atoms in total. The van der Waals surface area contributed by atoms with Crippen molar-refractivity contribution in [3.8, 4) is 11.5 Å². The summed E-state index contributed by atoms with van der Waals surface area (Å²) in [5.41, 5.74) is 4.38. The van der Waals surface area contributed by atoms with Gasteiger partial charge in [0.25, 0.3) is 0 Å². The summed E-state index contributed by atoms with van der Waals surface area (Å²) in [6.07, 6.45) is 1.77. The van der Waals surface area contributed by atoms with Gasteiger partial charge in [0.2, 0.25) is 5.78 Å². The van der Waals surface area contributed by atoms with Gasteiger partial charge in [0.15, 0.2) is 5.76 Å². The van der Waals surface area contributed by atoms with Gasteiger partial charge in [0.1, 0.15) is 24.0 Å². The van der Waals surface area contributed by atoms with Crippen molar-refractivity contribution in [1.82, 2.24) is 4.90 Å². The fourth-order valence-corrected chi connectivity index (χ4v) is 3.97. The van der Waals surface area contributed by atoms with E-state index in [0.29, 0.717) is 36.9 Å². The molecule has 0 aliphatic carbocycles. The number of carbonyl (C=O) groups excluding carboxylic acids is 1. The molecule has 0 N–H and O–H groups in total. The second-order valence-electron chi connectivity index (χ2n) is 8.23. The van der Waals surface area contributed by atoms with Gasteiger partial charge in [0.05, 0.1) is 11.1 Å². The molecule has 2 heterocycles. The highest BCUT2D eigenvalue weighted by Crippen LogP contribution is 2.42. The number of fused-ring (bicyclic) bond motifs is 3. The lowest BCUT2D eigenvalue weighted by molar-refractivity contribution is 0.0872. The number of benzene rings is 3. The van der Waals surface area contributed by atoms with E-state index in [1.54, 1.807) is 24.3 Å². The van der Waals surface area contributed by atoms with Crippen molar-refractivity contribution >= 4 is 17.5 Å². The smallest absolute Gasteiger partial charge is 0.231 e. The maximum atomic E-state index is 13.2. The van der Waals surface area contributed by atoms with Crippen LogP contribution in [0.25, 0.3) is 6.08 Å². The topological polar surface area (TPSA) is 42.0 Å². The Bertz CT molecular complexity index is 1200. The summed E-state index contributed by atoms with van der Waals surface area (Å²) >= 11 is 0. The van der Waals surface area contributed by atoms with E-state index in [0.717, 1.165) is 28.1 Å². The lowest BCUT2D eigenvalue weighted by atomic mass is 10.0. The van der Waals surface area contributed by atoms with Crippen LogP contribution in [-0.2, 0) is 13.1 Å². The first-order chi connectivity index (χ1) is 15.5. The zero-order valence-corrected chi connectivity index (χ0v) is 18.0. The first-order valence-electron chi connectivity index (χ1n) is 10.4. The van der Waals surface area contributed by atoms with Crippen molar-refractivity contribution < 1.29 is 18.7 Å². The van der Waals surface area contributed by atoms with Crippen LogP contribution in [-0.4, -0.2) is 31.5 Å². The van der Waals surface area contributed by atoms with Crippen molar-refractivity contribution in [1.29, 1.82) is 0 Å². The molecule has 3 aromatic rings. The molecule has 0 saturated heterocycles. The largest absolute Gasteiger partial charge is 0.478 e. The molecular weight excluding hydrogens is 407 g/mol. The van der Waals surface area contributed by atoms with E-state index in [1.807, 2.05) is 49.3 Å². The fourth-order valence-electron chi connectivity index (χ4n) is 3.97. The van der Waals surface area contributed by atoms with E-state index in [-0.39, 0.29) is 11.6 Å². The van der Waals surface area contributed by atoms with Gasteiger partial charge in [-0.05, 0) is 53.6 Å². The number of halogens is 1. The molecule has 0 saturated carbocycles. The van der Waals surface area contributed by atoms with E-state index in [9.17, 15) is 9.18 Å². The lowest BCUT2D eigenvalue weighted by Gasteiger charge is -2.29. The van der Waals surface area contributed by atoms with Crippen LogP contribution in [0.5, 0.6) is 11.5 Å². The molecule has 2 aliphatic heterocycles. The van der Waals surface area contributed by atoms with E-state index in [1.165, 1.54) is 12.1 Å². The molecule has 0 fully saturated rings. The summed E-state index contributed by atoms with van der Waals surface area (Å²) in [6.45, 7) is 1.60. The lowest BCUT2D eigenvalue weighted by Crippen LogP contribution is -2.31. The number of nitrogens with zero attached hydrogens (tertiary/aromatic N) is 2.